The number of rotatable bonds is 5. The molecule has 0 aromatic heterocycles. The highest BCUT2D eigenvalue weighted by Gasteiger charge is 2.39. The van der Waals surface area contributed by atoms with Crippen molar-refractivity contribution >= 4 is 49.2 Å². The van der Waals surface area contributed by atoms with E-state index >= 15 is 0 Å². The van der Waals surface area contributed by atoms with E-state index in [0.717, 1.165) is 18.4 Å². The largest absolute Gasteiger partial charge is 0.465 e. The average Bonchev–Trinajstić information content (AvgIpc) is 3.46. The monoisotopic (exact) mass is 478 g/mol. The molecule has 2 aromatic carbocycles. The van der Waals surface area contributed by atoms with Crippen LogP contribution < -0.4 is 9.62 Å². The normalized spacial score (nSPS) is 15.7. The zero-order valence-electron chi connectivity index (χ0n) is 15.6. The van der Waals surface area contributed by atoms with E-state index in [0.29, 0.717) is 23.1 Å². The first kappa shape index (κ1) is 19.9. The number of nitrogens with one attached hydrogen (secondary N) is 1. The van der Waals surface area contributed by atoms with Crippen LogP contribution in [0.25, 0.3) is 0 Å². The van der Waals surface area contributed by atoms with Crippen LogP contribution in [-0.2, 0) is 26.0 Å². The molecule has 1 amide bonds. The predicted molar refractivity (Wildman–Crippen MR) is 112 cm³/mol. The van der Waals surface area contributed by atoms with Gasteiger partial charge in [-0.05, 0) is 49.1 Å². The third-order valence-corrected chi connectivity index (χ3v) is 6.89. The molecule has 0 radical (unpaired) electrons. The van der Waals surface area contributed by atoms with Gasteiger partial charge in [-0.3, -0.25) is 9.52 Å². The van der Waals surface area contributed by atoms with Crippen molar-refractivity contribution in [1.82, 2.24) is 0 Å². The molecule has 0 atom stereocenters. The summed E-state index contributed by atoms with van der Waals surface area (Å²) in [5.41, 5.74) is 1.45. The zero-order valence-corrected chi connectivity index (χ0v) is 18.0. The highest BCUT2D eigenvalue weighted by Crippen LogP contribution is 2.41. The number of para-hydroxylation sites is 1. The second-order valence-corrected chi connectivity index (χ2v) is 9.63. The highest BCUT2D eigenvalue weighted by atomic mass is 79.9. The van der Waals surface area contributed by atoms with Crippen LogP contribution in [0.4, 0.5) is 11.4 Å². The first-order chi connectivity index (χ1) is 13.8. The summed E-state index contributed by atoms with van der Waals surface area (Å²) in [6.45, 7) is 0.461. The second-order valence-electron chi connectivity index (χ2n) is 7.07. The first-order valence-electron chi connectivity index (χ1n) is 9.16. The van der Waals surface area contributed by atoms with Crippen molar-refractivity contribution in [2.45, 2.75) is 24.2 Å². The Balaban J connectivity index is 1.77. The standard InChI is InChI=1S/C20H19BrN2O5S/c1-28-20(25)15-4-2-3-5-16(15)22-29(26,27)17-11-14(21)10-13-8-9-23(18(13)17)19(24)12-6-7-12/h2-5,10-12,22H,6-9H2,1H3. The molecule has 0 spiro atoms. The topological polar surface area (TPSA) is 92.8 Å². The van der Waals surface area contributed by atoms with Crippen LogP contribution in [0.5, 0.6) is 0 Å². The number of carbonyl (C=O) groups excluding carboxylic acids is 2. The molecule has 4 rings (SSSR count). The van der Waals surface area contributed by atoms with Crippen molar-refractivity contribution < 1.29 is 22.7 Å². The zero-order chi connectivity index (χ0) is 20.8. The number of nitrogens with zero attached hydrogens (tertiary/aromatic N) is 1. The molecule has 29 heavy (non-hydrogen) atoms. The molecule has 1 aliphatic heterocycles. The van der Waals surface area contributed by atoms with Crippen LogP contribution in [0, 0.1) is 5.92 Å². The number of sulfonamides is 1. The molecule has 152 valence electrons. The minimum absolute atomic E-state index is 0.00745. The van der Waals surface area contributed by atoms with Gasteiger partial charge in [0.15, 0.2) is 0 Å². The highest BCUT2D eigenvalue weighted by molar-refractivity contribution is 9.10. The molecule has 1 aliphatic carbocycles. The van der Waals surface area contributed by atoms with Gasteiger partial charge in [0.2, 0.25) is 5.91 Å². The number of ether oxygens (including phenoxy) is 1. The molecule has 1 saturated carbocycles. The van der Waals surface area contributed by atoms with Crippen LogP contribution in [0.15, 0.2) is 45.8 Å². The lowest BCUT2D eigenvalue weighted by Gasteiger charge is -2.21. The Morgan fingerprint density at radius 2 is 1.93 bits per heavy atom. The Labute approximate surface area is 177 Å². The van der Waals surface area contributed by atoms with E-state index in [9.17, 15) is 18.0 Å². The van der Waals surface area contributed by atoms with Gasteiger partial charge in [0.25, 0.3) is 10.0 Å². The minimum atomic E-state index is -4.08. The number of benzene rings is 2. The Bertz CT molecular complexity index is 1110. The van der Waals surface area contributed by atoms with Gasteiger partial charge in [-0.1, -0.05) is 28.1 Å². The summed E-state index contributed by atoms with van der Waals surface area (Å²) in [6.07, 6.45) is 2.27. The van der Waals surface area contributed by atoms with Crippen LogP contribution >= 0.6 is 15.9 Å². The molecule has 0 saturated heterocycles. The third kappa shape index (κ3) is 3.76. The van der Waals surface area contributed by atoms with E-state index in [-0.39, 0.29) is 28.0 Å². The third-order valence-electron chi connectivity index (χ3n) is 5.05. The van der Waals surface area contributed by atoms with Crippen LogP contribution in [0.1, 0.15) is 28.8 Å². The second kappa shape index (κ2) is 7.46. The van der Waals surface area contributed by atoms with Crippen LogP contribution in [0.3, 0.4) is 0 Å². The van der Waals surface area contributed by atoms with Gasteiger partial charge in [-0.2, -0.15) is 0 Å². The van der Waals surface area contributed by atoms with E-state index in [1.807, 2.05) is 6.07 Å². The Morgan fingerprint density at radius 3 is 2.62 bits per heavy atom. The number of hydrogen-bond acceptors (Lipinski definition) is 5. The number of anilines is 2. The number of halogens is 1. The molecule has 9 heteroatoms. The Hall–Kier alpha value is -2.39. The minimum Gasteiger partial charge on any atom is -0.465 e. The molecule has 7 nitrogen and oxygen atoms in total. The van der Waals surface area contributed by atoms with Gasteiger partial charge in [0, 0.05) is 16.9 Å². The molecule has 0 bridgehead atoms. The number of methoxy groups -OCH3 is 1. The number of fused-ring (bicyclic) bond motifs is 1. The van der Waals surface area contributed by atoms with E-state index in [2.05, 4.69) is 20.7 Å². The van der Waals surface area contributed by atoms with Crippen LogP contribution in [-0.4, -0.2) is 33.9 Å². The number of amides is 1. The summed E-state index contributed by atoms with van der Waals surface area (Å²) in [4.78, 5) is 26.3. The maximum atomic E-state index is 13.3. The lowest BCUT2D eigenvalue weighted by atomic mass is 10.2. The summed E-state index contributed by atoms with van der Waals surface area (Å²) in [5.74, 6) is -0.695. The lowest BCUT2D eigenvalue weighted by Crippen LogP contribution is -2.31. The van der Waals surface area contributed by atoms with E-state index in [1.165, 1.54) is 25.3 Å². The number of hydrogen-bond donors (Lipinski definition) is 1. The van der Waals surface area contributed by atoms with Crippen molar-refractivity contribution in [1.29, 1.82) is 0 Å². The fraction of sp³-hybridized carbons (Fsp3) is 0.300. The van der Waals surface area contributed by atoms with Gasteiger partial charge in [-0.15, -0.1) is 0 Å². The van der Waals surface area contributed by atoms with Crippen molar-refractivity contribution in [2.75, 3.05) is 23.3 Å². The van der Waals surface area contributed by atoms with E-state index in [1.54, 1.807) is 17.0 Å². The Kier molecular flexibility index (Phi) is 5.12. The van der Waals surface area contributed by atoms with Crippen molar-refractivity contribution in [2.24, 2.45) is 5.92 Å². The lowest BCUT2D eigenvalue weighted by molar-refractivity contribution is -0.119. The summed E-state index contributed by atoms with van der Waals surface area (Å²) in [6, 6.07) is 9.56. The summed E-state index contributed by atoms with van der Waals surface area (Å²) < 4.78 is 34.5. The Morgan fingerprint density at radius 1 is 1.21 bits per heavy atom. The van der Waals surface area contributed by atoms with Gasteiger partial charge < -0.3 is 9.64 Å². The van der Waals surface area contributed by atoms with Crippen LogP contribution in [0.2, 0.25) is 0 Å². The van der Waals surface area contributed by atoms with Gasteiger partial charge in [0.1, 0.15) is 4.90 Å². The first-order valence-corrected chi connectivity index (χ1v) is 11.4. The maximum Gasteiger partial charge on any atom is 0.339 e. The predicted octanol–water partition coefficient (Wildman–Crippen LogP) is 3.34. The summed E-state index contributed by atoms with van der Waals surface area (Å²) in [7, 11) is -2.85. The van der Waals surface area contributed by atoms with Gasteiger partial charge in [-0.25, -0.2) is 13.2 Å². The molecule has 1 heterocycles. The molecule has 1 N–H and O–H groups in total. The fourth-order valence-corrected chi connectivity index (χ4v) is 5.52. The van der Waals surface area contributed by atoms with Gasteiger partial charge >= 0.3 is 5.97 Å². The average molecular weight is 479 g/mol. The molecular weight excluding hydrogens is 460 g/mol. The molecule has 0 unspecified atom stereocenters. The summed E-state index contributed by atoms with van der Waals surface area (Å²) in [5, 5.41) is 0. The van der Waals surface area contributed by atoms with Gasteiger partial charge in [0.05, 0.1) is 24.0 Å². The molecule has 2 aromatic rings. The molecule has 1 fully saturated rings. The van der Waals surface area contributed by atoms with Crippen molar-refractivity contribution in [3.63, 3.8) is 0 Å². The quantitative estimate of drug-likeness (QED) is 0.665. The van der Waals surface area contributed by atoms with E-state index < -0.39 is 16.0 Å². The molecular formula is C20H19BrN2O5S. The maximum absolute atomic E-state index is 13.3. The fourth-order valence-electron chi connectivity index (χ4n) is 3.51. The number of esters is 1. The summed E-state index contributed by atoms with van der Waals surface area (Å²) >= 11 is 3.37. The van der Waals surface area contributed by atoms with Crippen molar-refractivity contribution in [3.05, 3.63) is 52.0 Å². The molecule has 2 aliphatic rings. The van der Waals surface area contributed by atoms with Crippen molar-refractivity contribution in [3.8, 4) is 0 Å². The number of carbonyl (C=O) groups is 2. The smallest absolute Gasteiger partial charge is 0.339 e. The van der Waals surface area contributed by atoms with E-state index in [4.69, 9.17) is 4.74 Å². The SMILES string of the molecule is COC(=O)c1ccccc1NS(=O)(=O)c1cc(Br)cc2c1N(C(=O)C1CC1)CC2.